The van der Waals surface area contributed by atoms with Gasteiger partial charge in [-0.25, -0.2) is 9.97 Å². The van der Waals surface area contributed by atoms with Crippen molar-refractivity contribution in [1.29, 1.82) is 0 Å². The fourth-order valence-electron chi connectivity index (χ4n) is 4.25. The number of nitrogens with one attached hydrogen (secondary N) is 1. The van der Waals surface area contributed by atoms with Crippen LogP contribution in [0.3, 0.4) is 0 Å². The summed E-state index contributed by atoms with van der Waals surface area (Å²) in [6.07, 6.45) is 3.68. The predicted molar refractivity (Wildman–Crippen MR) is 120 cm³/mol. The maximum atomic E-state index is 12.6. The van der Waals surface area contributed by atoms with Crippen LogP contribution < -0.4 is 10.5 Å². The van der Waals surface area contributed by atoms with Gasteiger partial charge in [0, 0.05) is 43.1 Å². The van der Waals surface area contributed by atoms with Crippen LogP contribution in [0, 0.1) is 6.92 Å². The fraction of sp³-hybridized carbons (Fsp3) is 0.478. The number of hydrogen-bond donors (Lipinski definition) is 1. The first-order valence-corrected chi connectivity index (χ1v) is 10.9. The van der Waals surface area contributed by atoms with E-state index in [-0.39, 0.29) is 5.56 Å². The average molecular weight is 407 g/mol. The summed E-state index contributed by atoms with van der Waals surface area (Å²) < 4.78 is 0. The quantitative estimate of drug-likeness (QED) is 0.677. The van der Waals surface area contributed by atoms with Crippen molar-refractivity contribution < 1.29 is 0 Å². The summed E-state index contributed by atoms with van der Waals surface area (Å²) in [5, 5.41) is 0.553. The predicted octanol–water partition coefficient (Wildman–Crippen LogP) is 3.25. The second-order valence-electron chi connectivity index (χ2n) is 8.02. The number of fused-ring (bicyclic) bond motifs is 1. The molecule has 30 heavy (non-hydrogen) atoms. The lowest BCUT2D eigenvalue weighted by molar-refractivity contribution is 0.201. The Bertz CT molecular complexity index is 1070. The Labute approximate surface area is 177 Å². The number of aromatic amines is 1. The topological polar surface area (TPSA) is 78.0 Å². The summed E-state index contributed by atoms with van der Waals surface area (Å²) in [6, 6.07) is 8.24. The molecule has 0 unspecified atom stereocenters. The van der Waals surface area contributed by atoms with Crippen molar-refractivity contribution in [2.75, 3.05) is 31.1 Å². The molecule has 0 amide bonds. The van der Waals surface area contributed by atoms with Crippen molar-refractivity contribution in [2.45, 2.75) is 46.1 Å². The second-order valence-corrected chi connectivity index (χ2v) is 8.02. The van der Waals surface area contributed by atoms with Crippen LogP contribution in [0.25, 0.3) is 10.9 Å². The molecule has 0 aliphatic carbocycles. The molecule has 4 heterocycles. The number of likely N-dealkylation sites (tertiary alicyclic amines) is 1. The molecule has 7 heteroatoms. The number of nitrogens with zero attached hydrogens (tertiary/aromatic N) is 5. The minimum absolute atomic E-state index is 0.0972. The average Bonchev–Trinajstić information content (AvgIpc) is 2.75. The van der Waals surface area contributed by atoms with Crippen LogP contribution in [-0.2, 0) is 6.54 Å². The molecule has 1 saturated heterocycles. The minimum atomic E-state index is -0.0972. The molecule has 1 N–H and O–H groups in total. The number of H-pyrrole nitrogens is 1. The summed E-state index contributed by atoms with van der Waals surface area (Å²) in [5.74, 6) is 1.03. The van der Waals surface area contributed by atoms with Gasteiger partial charge in [-0.3, -0.25) is 14.7 Å². The van der Waals surface area contributed by atoms with E-state index in [1.54, 1.807) is 6.20 Å². The molecule has 0 radical (unpaired) electrons. The summed E-state index contributed by atoms with van der Waals surface area (Å²) in [5.41, 5.74) is 3.80. The van der Waals surface area contributed by atoms with Gasteiger partial charge in [-0.05, 0) is 64.9 Å². The van der Waals surface area contributed by atoms with Gasteiger partial charge in [-0.2, -0.15) is 0 Å². The van der Waals surface area contributed by atoms with Crippen molar-refractivity contribution in [2.24, 2.45) is 0 Å². The zero-order valence-electron chi connectivity index (χ0n) is 18.1. The van der Waals surface area contributed by atoms with Gasteiger partial charge < -0.3 is 9.88 Å². The molecular weight excluding hydrogens is 376 g/mol. The van der Waals surface area contributed by atoms with E-state index < -0.39 is 0 Å². The van der Waals surface area contributed by atoms with Crippen LogP contribution in [0.1, 0.15) is 49.7 Å². The molecule has 0 bridgehead atoms. The summed E-state index contributed by atoms with van der Waals surface area (Å²) in [7, 11) is 0. The van der Waals surface area contributed by atoms with Crippen molar-refractivity contribution in [3.8, 4) is 0 Å². The molecule has 4 rings (SSSR count). The minimum Gasteiger partial charge on any atom is -0.341 e. The van der Waals surface area contributed by atoms with E-state index in [9.17, 15) is 4.79 Å². The summed E-state index contributed by atoms with van der Waals surface area (Å²) >= 11 is 0. The van der Waals surface area contributed by atoms with E-state index in [0.717, 1.165) is 68.2 Å². The molecule has 1 aliphatic rings. The first kappa shape index (κ1) is 20.5. The Hall–Kier alpha value is -2.80. The highest BCUT2D eigenvalue weighted by Crippen LogP contribution is 2.28. The number of aromatic nitrogens is 4. The van der Waals surface area contributed by atoms with Crippen molar-refractivity contribution in [3.05, 3.63) is 57.9 Å². The van der Waals surface area contributed by atoms with Crippen LogP contribution in [0.5, 0.6) is 0 Å². The van der Waals surface area contributed by atoms with Gasteiger partial charge >= 0.3 is 0 Å². The molecule has 0 aromatic carbocycles. The van der Waals surface area contributed by atoms with E-state index in [1.807, 2.05) is 19.1 Å². The molecule has 7 nitrogen and oxygen atoms in total. The van der Waals surface area contributed by atoms with E-state index >= 15 is 0 Å². The van der Waals surface area contributed by atoms with Gasteiger partial charge in [0.2, 0.25) is 5.95 Å². The highest BCUT2D eigenvalue weighted by Gasteiger charge is 2.22. The third-order valence-electron chi connectivity index (χ3n) is 6.01. The third-order valence-corrected chi connectivity index (χ3v) is 6.01. The van der Waals surface area contributed by atoms with Gasteiger partial charge in [-0.1, -0.05) is 6.07 Å². The molecule has 158 valence electrons. The summed E-state index contributed by atoms with van der Waals surface area (Å²) in [4.78, 5) is 34.0. The zero-order valence-corrected chi connectivity index (χ0v) is 18.1. The Morgan fingerprint density at radius 1 is 1.17 bits per heavy atom. The third kappa shape index (κ3) is 4.36. The normalized spacial score (nSPS) is 15.6. The van der Waals surface area contributed by atoms with Crippen molar-refractivity contribution in [1.82, 2.24) is 24.8 Å². The lowest BCUT2D eigenvalue weighted by Crippen LogP contribution is -2.33. The molecule has 3 aromatic rings. The number of pyridine rings is 2. The number of aryl methyl sites for hydroxylation is 1. The van der Waals surface area contributed by atoms with Crippen molar-refractivity contribution >= 4 is 16.9 Å². The van der Waals surface area contributed by atoms with E-state index in [4.69, 9.17) is 0 Å². The van der Waals surface area contributed by atoms with E-state index in [2.05, 4.69) is 55.7 Å². The Morgan fingerprint density at radius 2 is 1.93 bits per heavy atom. The molecule has 1 fully saturated rings. The van der Waals surface area contributed by atoms with E-state index in [0.29, 0.717) is 17.3 Å². The lowest BCUT2D eigenvalue weighted by atomic mass is 9.92. The lowest BCUT2D eigenvalue weighted by Gasteiger charge is -2.31. The molecule has 1 aliphatic heterocycles. The van der Waals surface area contributed by atoms with Gasteiger partial charge in [0.1, 0.15) is 0 Å². The van der Waals surface area contributed by atoms with Gasteiger partial charge in [0.25, 0.3) is 5.56 Å². The number of hydrogen-bond acceptors (Lipinski definition) is 6. The molecular formula is C23H30N6O. The molecule has 0 spiro atoms. The highest BCUT2D eigenvalue weighted by atomic mass is 16.1. The monoisotopic (exact) mass is 406 g/mol. The fourth-order valence-corrected chi connectivity index (χ4v) is 4.25. The number of anilines is 1. The van der Waals surface area contributed by atoms with Crippen LogP contribution in [0.15, 0.2) is 35.3 Å². The Balaban J connectivity index is 1.50. The van der Waals surface area contributed by atoms with Crippen LogP contribution in [-0.4, -0.2) is 51.0 Å². The first-order chi connectivity index (χ1) is 14.6. The van der Waals surface area contributed by atoms with E-state index in [1.165, 1.54) is 0 Å². The zero-order chi connectivity index (χ0) is 21.1. The first-order valence-electron chi connectivity index (χ1n) is 10.9. The summed E-state index contributed by atoms with van der Waals surface area (Å²) in [6.45, 7) is 10.7. The highest BCUT2D eigenvalue weighted by molar-refractivity contribution is 5.78. The molecule has 0 saturated carbocycles. The SMILES string of the molecule is CCN(CC)c1ncc2c(=O)[nH]c(C3CCN(Cc4cccc(C)n4)CC3)cc2n1. The Morgan fingerprint density at radius 3 is 2.63 bits per heavy atom. The smallest absolute Gasteiger partial charge is 0.259 e. The van der Waals surface area contributed by atoms with Crippen LogP contribution >= 0.6 is 0 Å². The van der Waals surface area contributed by atoms with Gasteiger partial charge in [0.05, 0.1) is 16.6 Å². The molecule has 0 atom stereocenters. The van der Waals surface area contributed by atoms with Gasteiger partial charge in [0.15, 0.2) is 0 Å². The maximum absolute atomic E-state index is 12.6. The standard InChI is InChI=1S/C23H30N6O/c1-4-29(5-2)23-24-14-19-21(27-23)13-20(26-22(19)30)17-9-11-28(12-10-17)15-18-8-6-7-16(3)25-18/h6-8,13-14,17H,4-5,9-12,15H2,1-3H3,(H,26,30). The van der Waals surface area contributed by atoms with Gasteiger partial charge in [-0.15, -0.1) is 0 Å². The number of rotatable bonds is 6. The Kier molecular flexibility index (Phi) is 6.08. The van der Waals surface area contributed by atoms with Crippen LogP contribution in [0.2, 0.25) is 0 Å². The number of piperidine rings is 1. The van der Waals surface area contributed by atoms with Crippen molar-refractivity contribution in [3.63, 3.8) is 0 Å². The maximum Gasteiger partial charge on any atom is 0.259 e. The van der Waals surface area contributed by atoms with Crippen LogP contribution in [0.4, 0.5) is 5.95 Å². The second kappa shape index (κ2) is 8.92. The largest absolute Gasteiger partial charge is 0.341 e. The molecule has 3 aromatic heterocycles.